The summed E-state index contributed by atoms with van der Waals surface area (Å²) in [6.45, 7) is 1.54. The second-order valence-electron chi connectivity index (χ2n) is 7.68. The Morgan fingerprint density at radius 3 is 2.72 bits per heavy atom. The molecule has 2 aromatic heterocycles. The molecular formula is C25H18ClN5O5. The van der Waals surface area contributed by atoms with E-state index in [0.717, 1.165) is 0 Å². The molecule has 2 N–H and O–H groups in total. The molecule has 180 valence electrons. The second kappa shape index (κ2) is 10.2. The third kappa shape index (κ3) is 5.16. The lowest BCUT2D eigenvalue weighted by Gasteiger charge is -2.15. The maximum absolute atomic E-state index is 12.8. The third-order valence-electron chi connectivity index (χ3n) is 5.23. The zero-order valence-corrected chi connectivity index (χ0v) is 19.6. The minimum absolute atomic E-state index is 0.0892. The largest absolute Gasteiger partial charge is 0.491 e. The number of nitriles is 1. The summed E-state index contributed by atoms with van der Waals surface area (Å²) in [7, 11) is 0. The molecule has 1 amide bonds. The van der Waals surface area contributed by atoms with Crippen molar-refractivity contribution in [3.63, 3.8) is 0 Å². The molecule has 2 aromatic carbocycles. The van der Waals surface area contributed by atoms with Crippen LogP contribution in [-0.2, 0) is 11.3 Å². The number of carboxylic acids is 1. The number of amides is 1. The van der Waals surface area contributed by atoms with Crippen LogP contribution in [0.15, 0.2) is 59.8 Å². The van der Waals surface area contributed by atoms with Crippen molar-refractivity contribution in [1.29, 1.82) is 5.26 Å². The first-order chi connectivity index (χ1) is 17.3. The molecule has 0 saturated carbocycles. The van der Waals surface area contributed by atoms with Gasteiger partial charge < -0.3 is 15.2 Å². The van der Waals surface area contributed by atoms with E-state index < -0.39 is 11.9 Å². The van der Waals surface area contributed by atoms with Crippen molar-refractivity contribution in [2.45, 2.75) is 13.5 Å². The predicted molar refractivity (Wildman–Crippen MR) is 132 cm³/mol. The Labute approximate surface area is 209 Å². The molecule has 4 rings (SSSR count). The van der Waals surface area contributed by atoms with Gasteiger partial charge in [-0.25, -0.2) is 14.8 Å². The van der Waals surface area contributed by atoms with Crippen LogP contribution in [0.1, 0.15) is 23.0 Å². The van der Waals surface area contributed by atoms with E-state index >= 15 is 0 Å². The summed E-state index contributed by atoms with van der Waals surface area (Å²) < 4.78 is 7.29. The summed E-state index contributed by atoms with van der Waals surface area (Å²) in [6, 6.07) is 12.8. The number of aromatic nitrogens is 3. The Morgan fingerprint density at radius 2 is 2.00 bits per heavy atom. The molecule has 0 spiro atoms. The summed E-state index contributed by atoms with van der Waals surface area (Å²) >= 11 is 6.19. The van der Waals surface area contributed by atoms with Crippen molar-refractivity contribution < 1.29 is 19.4 Å². The van der Waals surface area contributed by atoms with Crippen molar-refractivity contribution in [1.82, 2.24) is 14.5 Å². The van der Waals surface area contributed by atoms with Crippen molar-refractivity contribution in [3.05, 3.63) is 81.6 Å². The summed E-state index contributed by atoms with van der Waals surface area (Å²) in [5, 5.41) is 21.8. The van der Waals surface area contributed by atoms with E-state index in [4.69, 9.17) is 21.6 Å². The highest BCUT2D eigenvalue weighted by atomic mass is 35.5. The number of carbonyl (C=O) groups is 2. The normalized spacial score (nSPS) is 10.6. The van der Waals surface area contributed by atoms with Gasteiger partial charge in [0.05, 0.1) is 41.2 Å². The van der Waals surface area contributed by atoms with Crippen molar-refractivity contribution >= 4 is 40.1 Å². The number of carbonyl (C=O) groups excluding carboxylic acids is 1. The van der Waals surface area contributed by atoms with Crippen LogP contribution in [-0.4, -0.2) is 38.1 Å². The maximum atomic E-state index is 12.8. The van der Waals surface area contributed by atoms with Gasteiger partial charge >= 0.3 is 5.97 Å². The second-order valence-corrected chi connectivity index (χ2v) is 8.11. The van der Waals surface area contributed by atoms with Gasteiger partial charge in [-0.05, 0) is 42.0 Å². The molecule has 0 bridgehead atoms. The first kappa shape index (κ1) is 24.4. The van der Waals surface area contributed by atoms with E-state index in [2.05, 4.69) is 15.3 Å². The molecule has 11 heteroatoms. The Kier molecular flexibility index (Phi) is 6.94. The lowest BCUT2D eigenvalue weighted by molar-refractivity contribution is -0.114. The number of anilines is 1. The van der Waals surface area contributed by atoms with Gasteiger partial charge in [-0.1, -0.05) is 17.7 Å². The van der Waals surface area contributed by atoms with E-state index in [1.54, 1.807) is 24.3 Å². The fourth-order valence-corrected chi connectivity index (χ4v) is 3.75. The van der Waals surface area contributed by atoms with Gasteiger partial charge in [-0.2, -0.15) is 5.26 Å². The molecule has 4 aromatic rings. The van der Waals surface area contributed by atoms with Crippen LogP contribution in [0, 0.1) is 11.3 Å². The van der Waals surface area contributed by atoms with Gasteiger partial charge in [0.2, 0.25) is 5.91 Å². The van der Waals surface area contributed by atoms with Crippen molar-refractivity contribution in [2.75, 3.05) is 11.9 Å². The topological polar surface area (TPSA) is 147 Å². The Hall–Kier alpha value is -4.75. The summed E-state index contributed by atoms with van der Waals surface area (Å²) in [5.41, 5.74) is 1.29. The van der Waals surface area contributed by atoms with Crippen LogP contribution in [0.2, 0.25) is 5.02 Å². The average Bonchev–Trinajstić information content (AvgIpc) is 2.86. The number of hydrogen-bond donors (Lipinski definition) is 2. The molecule has 10 nitrogen and oxygen atoms in total. The number of carboxylic acid groups (broad SMARTS) is 1. The number of nitrogens with zero attached hydrogens (tertiary/aromatic N) is 4. The number of pyridine rings is 1. The lowest BCUT2D eigenvalue weighted by Crippen LogP contribution is -2.23. The van der Waals surface area contributed by atoms with Crippen molar-refractivity contribution in [3.8, 4) is 22.9 Å². The van der Waals surface area contributed by atoms with Gasteiger partial charge in [0.25, 0.3) is 5.56 Å². The Morgan fingerprint density at radius 1 is 1.19 bits per heavy atom. The smallest absolute Gasteiger partial charge is 0.337 e. The number of benzene rings is 2. The van der Waals surface area contributed by atoms with Crippen LogP contribution in [0.25, 0.3) is 22.0 Å². The van der Waals surface area contributed by atoms with Gasteiger partial charge in [-0.3, -0.25) is 14.2 Å². The monoisotopic (exact) mass is 503 g/mol. The fraction of sp³-hybridized carbons (Fsp3) is 0.120. The van der Waals surface area contributed by atoms with Crippen LogP contribution in [0.5, 0.6) is 5.75 Å². The standard InChI is InChI=1S/C25H18ClN5O5/c1-14(32)30-21-4-2-15(8-20(21)25(34)35)18-9-16(26)3-5-23(18)36-7-6-31-13-29-22-12-28-17(11-27)10-19(22)24(31)33/h2-5,8-10,12-13H,6-7H2,1H3,(H,30,32)(H,34,35). The van der Waals surface area contributed by atoms with Crippen LogP contribution >= 0.6 is 11.6 Å². The zero-order chi connectivity index (χ0) is 25.8. The molecule has 2 heterocycles. The van der Waals surface area contributed by atoms with Gasteiger partial charge in [0.1, 0.15) is 24.1 Å². The molecule has 0 atom stereocenters. The number of nitrogens with one attached hydrogen (secondary N) is 1. The maximum Gasteiger partial charge on any atom is 0.337 e. The highest BCUT2D eigenvalue weighted by Crippen LogP contribution is 2.34. The van der Waals surface area contributed by atoms with Gasteiger partial charge in [-0.15, -0.1) is 0 Å². The van der Waals surface area contributed by atoms with Crippen LogP contribution in [0.3, 0.4) is 0 Å². The van der Waals surface area contributed by atoms with Crippen LogP contribution in [0.4, 0.5) is 5.69 Å². The number of halogens is 1. The molecule has 0 aliphatic heterocycles. The van der Waals surface area contributed by atoms with E-state index in [-0.39, 0.29) is 41.0 Å². The van der Waals surface area contributed by atoms with E-state index in [1.165, 1.54) is 42.2 Å². The predicted octanol–water partition coefficient (Wildman–Crippen LogP) is 3.72. The SMILES string of the molecule is CC(=O)Nc1ccc(-c2cc(Cl)ccc2OCCn2cnc3cnc(C#N)cc3c2=O)cc1C(=O)O. The lowest BCUT2D eigenvalue weighted by atomic mass is 10.0. The molecule has 0 unspecified atom stereocenters. The molecule has 0 saturated heterocycles. The number of hydrogen-bond acceptors (Lipinski definition) is 7. The zero-order valence-electron chi connectivity index (χ0n) is 18.9. The van der Waals surface area contributed by atoms with E-state index in [1.807, 2.05) is 6.07 Å². The number of ether oxygens (including phenoxy) is 1. The molecule has 0 fully saturated rings. The Balaban J connectivity index is 1.61. The highest BCUT2D eigenvalue weighted by Gasteiger charge is 2.16. The van der Waals surface area contributed by atoms with Gasteiger partial charge in [0.15, 0.2) is 0 Å². The molecule has 0 radical (unpaired) electrons. The van der Waals surface area contributed by atoms with E-state index in [9.17, 15) is 19.5 Å². The van der Waals surface area contributed by atoms with Crippen molar-refractivity contribution in [2.24, 2.45) is 0 Å². The minimum atomic E-state index is -1.21. The molecule has 0 aliphatic rings. The van der Waals surface area contributed by atoms with E-state index in [0.29, 0.717) is 27.4 Å². The minimum Gasteiger partial charge on any atom is -0.491 e. The number of fused-ring (bicyclic) bond motifs is 1. The summed E-state index contributed by atoms with van der Waals surface area (Å²) in [5.74, 6) is -1.18. The molecule has 36 heavy (non-hydrogen) atoms. The molecule has 0 aliphatic carbocycles. The van der Waals surface area contributed by atoms with Gasteiger partial charge in [0, 0.05) is 17.5 Å². The fourth-order valence-electron chi connectivity index (χ4n) is 3.58. The highest BCUT2D eigenvalue weighted by molar-refractivity contribution is 6.31. The first-order valence-electron chi connectivity index (χ1n) is 10.6. The number of rotatable bonds is 7. The summed E-state index contributed by atoms with van der Waals surface area (Å²) in [4.78, 5) is 44.1. The Bertz CT molecular complexity index is 1610. The number of aromatic carboxylic acids is 1. The first-order valence-corrected chi connectivity index (χ1v) is 11.0. The van der Waals surface area contributed by atoms with Crippen LogP contribution < -0.4 is 15.6 Å². The molecular weight excluding hydrogens is 486 g/mol. The summed E-state index contributed by atoms with van der Waals surface area (Å²) in [6.07, 6.45) is 2.75. The average molecular weight is 504 g/mol. The quantitative estimate of drug-likeness (QED) is 0.387. The third-order valence-corrected chi connectivity index (χ3v) is 5.46.